The van der Waals surface area contributed by atoms with Gasteiger partial charge in [-0.2, -0.15) is 0 Å². The predicted octanol–water partition coefficient (Wildman–Crippen LogP) is 4.79. The molecule has 25 heavy (non-hydrogen) atoms. The molecule has 4 rings (SSSR count). The van der Waals surface area contributed by atoms with Gasteiger partial charge in [0, 0.05) is 12.3 Å². The Morgan fingerprint density at radius 2 is 1.92 bits per heavy atom. The van der Waals surface area contributed by atoms with Gasteiger partial charge in [-0.05, 0) is 86.9 Å². The minimum atomic E-state index is -0.127. The topological polar surface area (TPSA) is 58.9 Å². The van der Waals surface area contributed by atoms with E-state index in [1.54, 1.807) is 0 Å². The summed E-state index contributed by atoms with van der Waals surface area (Å²) in [5.74, 6) is 2.84. The van der Waals surface area contributed by atoms with Gasteiger partial charge in [-0.25, -0.2) is 0 Å². The minimum Gasteiger partial charge on any atom is -0.463 e. The van der Waals surface area contributed by atoms with Crippen molar-refractivity contribution in [1.29, 1.82) is 0 Å². The third kappa shape index (κ3) is 2.54. The van der Waals surface area contributed by atoms with Gasteiger partial charge in [0.1, 0.15) is 6.10 Å². The molecule has 4 heteroatoms. The average molecular weight is 347 g/mol. The number of hydrogen-bond acceptors (Lipinski definition) is 4. The number of ether oxygens (including phenoxy) is 1. The summed E-state index contributed by atoms with van der Waals surface area (Å²) in [5, 5.41) is 13.1. The summed E-state index contributed by atoms with van der Waals surface area (Å²) >= 11 is 0. The van der Waals surface area contributed by atoms with E-state index in [9.17, 15) is 10.0 Å². The van der Waals surface area contributed by atoms with Gasteiger partial charge in [0.05, 0.1) is 5.71 Å². The van der Waals surface area contributed by atoms with E-state index in [1.807, 2.05) is 0 Å². The molecule has 140 valence electrons. The van der Waals surface area contributed by atoms with Crippen LogP contribution in [0.2, 0.25) is 0 Å². The molecule has 7 atom stereocenters. The molecule has 0 bridgehead atoms. The normalized spacial score (nSPS) is 50.7. The van der Waals surface area contributed by atoms with Gasteiger partial charge in [-0.3, -0.25) is 4.79 Å². The summed E-state index contributed by atoms with van der Waals surface area (Å²) in [6, 6.07) is 0. The van der Waals surface area contributed by atoms with Crippen LogP contribution in [0.3, 0.4) is 0 Å². The molecule has 4 aliphatic carbocycles. The molecule has 4 saturated carbocycles. The van der Waals surface area contributed by atoms with Crippen molar-refractivity contribution in [2.75, 3.05) is 0 Å². The van der Waals surface area contributed by atoms with Crippen LogP contribution in [0.5, 0.6) is 0 Å². The van der Waals surface area contributed by atoms with Crippen LogP contribution in [0.15, 0.2) is 5.16 Å². The largest absolute Gasteiger partial charge is 0.463 e. The molecule has 0 heterocycles. The van der Waals surface area contributed by atoms with Crippen LogP contribution < -0.4 is 0 Å². The first-order valence-electron chi connectivity index (χ1n) is 10.3. The van der Waals surface area contributed by atoms with Crippen molar-refractivity contribution < 1.29 is 14.7 Å². The van der Waals surface area contributed by atoms with Crippen molar-refractivity contribution in [2.45, 2.75) is 84.7 Å². The molecule has 0 aliphatic heterocycles. The number of rotatable bonds is 1. The van der Waals surface area contributed by atoms with Gasteiger partial charge in [-0.1, -0.05) is 19.0 Å². The highest BCUT2D eigenvalue weighted by molar-refractivity contribution is 5.91. The molecule has 0 aromatic rings. The number of carbonyl (C=O) groups is 1. The van der Waals surface area contributed by atoms with Crippen LogP contribution in [-0.2, 0) is 9.53 Å². The smallest absolute Gasteiger partial charge is 0.302 e. The number of carbonyl (C=O) groups excluding carboxylic acids is 1. The van der Waals surface area contributed by atoms with E-state index < -0.39 is 0 Å². The lowest BCUT2D eigenvalue weighted by Crippen LogP contribution is -2.54. The number of nitrogens with zero attached hydrogens (tertiary/aromatic N) is 1. The van der Waals surface area contributed by atoms with Gasteiger partial charge in [-0.15, -0.1) is 0 Å². The van der Waals surface area contributed by atoms with E-state index in [2.05, 4.69) is 19.0 Å². The zero-order chi connectivity index (χ0) is 17.8. The van der Waals surface area contributed by atoms with Crippen LogP contribution in [0, 0.1) is 34.5 Å². The van der Waals surface area contributed by atoms with Crippen molar-refractivity contribution in [3.05, 3.63) is 0 Å². The summed E-state index contributed by atoms with van der Waals surface area (Å²) in [7, 11) is 0. The second-order valence-electron chi connectivity index (χ2n) is 9.70. The molecule has 0 aromatic carbocycles. The highest BCUT2D eigenvalue weighted by Crippen LogP contribution is 2.65. The predicted molar refractivity (Wildman–Crippen MR) is 96.5 cm³/mol. The summed E-state index contributed by atoms with van der Waals surface area (Å²) in [6.45, 7) is 6.41. The van der Waals surface area contributed by atoms with Crippen molar-refractivity contribution in [2.24, 2.45) is 39.7 Å². The first-order chi connectivity index (χ1) is 11.9. The molecule has 4 fully saturated rings. The maximum absolute atomic E-state index is 11.3. The van der Waals surface area contributed by atoms with E-state index in [0.29, 0.717) is 17.3 Å². The van der Waals surface area contributed by atoms with Gasteiger partial charge in [0.25, 0.3) is 0 Å². The third-order valence-corrected chi connectivity index (χ3v) is 8.81. The van der Waals surface area contributed by atoms with Crippen molar-refractivity contribution >= 4 is 11.7 Å². The number of esters is 1. The highest BCUT2D eigenvalue weighted by Gasteiger charge is 2.59. The first-order valence-corrected chi connectivity index (χ1v) is 10.3. The molecule has 0 aromatic heterocycles. The van der Waals surface area contributed by atoms with Gasteiger partial charge < -0.3 is 9.94 Å². The van der Waals surface area contributed by atoms with E-state index in [1.165, 1.54) is 45.4 Å². The number of oxime groups is 1. The fraction of sp³-hybridized carbons (Fsp3) is 0.905. The summed E-state index contributed by atoms with van der Waals surface area (Å²) in [6.07, 6.45) is 10.6. The fourth-order valence-corrected chi connectivity index (χ4v) is 7.51. The SMILES string of the molecule is CC(=O)OC1CC[C@]2(C)C3CC[C@]4(C)C(=NO)CCC4C3CC[C@H]2C1. The van der Waals surface area contributed by atoms with Crippen LogP contribution in [0.25, 0.3) is 0 Å². The maximum atomic E-state index is 11.3. The molecule has 0 amide bonds. The monoisotopic (exact) mass is 347 g/mol. The fourth-order valence-electron chi connectivity index (χ4n) is 7.51. The second kappa shape index (κ2) is 5.99. The molecule has 0 radical (unpaired) electrons. The second-order valence-corrected chi connectivity index (χ2v) is 9.70. The Labute approximate surface area is 151 Å². The molecule has 1 N–H and O–H groups in total. The van der Waals surface area contributed by atoms with Gasteiger partial charge in [0.2, 0.25) is 0 Å². The molecule has 4 unspecified atom stereocenters. The minimum absolute atomic E-state index is 0.127. The van der Waals surface area contributed by atoms with Gasteiger partial charge >= 0.3 is 5.97 Å². The Balaban J connectivity index is 1.55. The zero-order valence-electron chi connectivity index (χ0n) is 16.0. The molecular weight excluding hydrogens is 314 g/mol. The summed E-state index contributed by atoms with van der Waals surface area (Å²) in [4.78, 5) is 11.3. The van der Waals surface area contributed by atoms with E-state index in [4.69, 9.17) is 4.74 Å². The number of fused-ring (bicyclic) bond motifs is 5. The highest BCUT2D eigenvalue weighted by atomic mass is 16.5. The molecule has 4 nitrogen and oxygen atoms in total. The average Bonchev–Trinajstić information content (AvgIpc) is 2.91. The van der Waals surface area contributed by atoms with Crippen LogP contribution in [0.1, 0.15) is 78.6 Å². The number of hydrogen-bond donors (Lipinski definition) is 1. The Morgan fingerprint density at radius 3 is 2.64 bits per heavy atom. The Kier molecular flexibility index (Phi) is 4.16. The van der Waals surface area contributed by atoms with Crippen LogP contribution in [0.4, 0.5) is 0 Å². The lowest BCUT2D eigenvalue weighted by molar-refractivity contribution is -0.158. The lowest BCUT2D eigenvalue weighted by Gasteiger charge is -2.60. The van der Waals surface area contributed by atoms with E-state index in [-0.39, 0.29) is 17.5 Å². The van der Waals surface area contributed by atoms with Gasteiger partial charge in [0.15, 0.2) is 0 Å². The van der Waals surface area contributed by atoms with Crippen molar-refractivity contribution in [1.82, 2.24) is 0 Å². The lowest BCUT2D eigenvalue weighted by atomic mass is 9.45. The third-order valence-electron chi connectivity index (χ3n) is 8.81. The molecule has 0 spiro atoms. The Morgan fingerprint density at radius 1 is 1.12 bits per heavy atom. The Hall–Kier alpha value is -1.06. The quantitative estimate of drug-likeness (QED) is 0.421. The van der Waals surface area contributed by atoms with Crippen molar-refractivity contribution in [3.63, 3.8) is 0 Å². The molecule has 4 aliphatic rings. The van der Waals surface area contributed by atoms with Crippen LogP contribution >= 0.6 is 0 Å². The van der Waals surface area contributed by atoms with E-state index in [0.717, 1.165) is 36.8 Å². The van der Waals surface area contributed by atoms with Crippen molar-refractivity contribution in [3.8, 4) is 0 Å². The standard InChI is InChI=1S/C21H33NO3/c1-13(23)25-15-8-10-20(2)14(12-15)4-5-16-17-6-7-19(22-24)21(17,3)11-9-18(16)20/h14-18,24H,4-12H2,1-3H3/t14-,15?,16?,17?,18?,20-,21-/m0/s1. The Bertz CT molecular complexity index is 588. The van der Waals surface area contributed by atoms with E-state index >= 15 is 0 Å². The molecular formula is C21H33NO3. The summed E-state index contributed by atoms with van der Waals surface area (Å²) < 4.78 is 5.55. The summed E-state index contributed by atoms with van der Waals surface area (Å²) in [5.41, 5.74) is 1.59. The maximum Gasteiger partial charge on any atom is 0.302 e. The molecule has 0 saturated heterocycles. The zero-order valence-corrected chi connectivity index (χ0v) is 16.0. The first kappa shape index (κ1) is 17.4. The van der Waals surface area contributed by atoms with Crippen LogP contribution in [-0.4, -0.2) is 23.0 Å².